The summed E-state index contributed by atoms with van der Waals surface area (Å²) in [6, 6.07) is 15.3. The van der Waals surface area contributed by atoms with E-state index in [1.165, 1.54) is 48.5 Å². The zero-order valence-electron chi connectivity index (χ0n) is 21.7. The number of hydrogen-bond donors (Lipinski definition) is 6. The molecule has 1 fully saturated rings. The summed E-state index contributed by atoms with van der Waals surface area (Å²) in [5.41, 5.74) is 0.599. The largest absolute Gasteiger partial charge is 0.508 e. The second-order valence-corrected chi connectivity index (χ2v) is 9.53. The van der Waals surface area contributed by atoms with Crippen molar-refractivity contribution in [3.8, 4) is 45.6 Å². The standard InChI is InChI=1S/C30H26O12/c31-17-6-1-15(2-7-17)3-10-25(35)39-14-24-26(36)27(37)28(38)30(42-24)41-23-13-20-21(34)11-19(33)12-22(20)40-29(23)16-4-8-18(32)9-5-16/h1-13,24,26-28,30-32,34,36-38H,14H2/b10-3+/t24-,26-,27+,28-,30-/m1/s1. The van der Waals surface area contributed by atoms with Gasteiger partial charge in [-0.15, -0.1) is 0 Å². The van der Waals surface area contributed by atoms with Crippen molar-refractivity contribution in [2.75, 3.05) is 6.61 Å². The minimum atomic E-state index is -1.76. The van der Waals surface area contributed by atoms with E-state index in [1.54, 1.807) is 12.1 Å². The summed E-state index contributed by atoms with van der Waals surface area (Å²) >= 11 is 0. The van der Waals surface area contributed by atoms with Crippen molar-refractivity contribution in [1.82, 2.24) is 0 Å². The Kier molecular flexibility index (Phi) is 8.13. The van der Waals surface area contributed by atoms with Crippen LogP contribution >= 0.6 is 0 Å². The molecule has 0 radical (unpaired) electrons. The van der Waals surface area contributed by atoms with Crippen molar-refractivity contribution in [3.63, 3.8) is 0 Å². The first kappa shape index (κ1) is 28.6. The molecule has 3 aliphatic rings. The maximum Gasteiger partial charge on any atom is 0.330 e. The molecule has 2 aromatic carbocycles. The second-order valence-electron chi connectivity index (χ2n) is 9.53. The van der Waals surface area contributed by atoms with Crippen LogP contribution in [0.4, 0.5) is 0 Å². The highest BCUT2D eigenvalue weighted by Gasteiger charge is 2.46. The SMILES string of the molecule is O=C(/C=C/c1ccc(O)cc1)OC[C@H]1O[C@@H](Oc2cc3c(O)cc(=O)cc-3oc2-c2ccc(O)cc2)[C@H](O)[C@@H](O)[C@@H]1O. The molecule has 1 saturated heterocycles. The number of aliphatic hydroxyl groups excluding tert-OH is 3. The number of phenolic OH excluding ortho intramolecular Hbond substituents is 3. The van der Waals surface area contributed by atoms with Gasteiger partial charge in [-0.25, -0.2) is 4.79 Å². The van der Waals surface area contributed by atoms with Crippen LogP contribution in [0, 0.1) is 0 Å². The smallest absolute Gasteiger partial charge is 0.330 e. The third-order valence-corrected chi connectivity index (χ3v) is 6.54. The number of rotatable bonds is 7. The third-order valence-electron chi connectivity index (χ3n) is 6.54. The van der Waals surface area contributed by atoms with Gasteiger partial charge in [0.15, 0.2) is 16.9 Å². The summed E-state index contributed by atoms with van der Waals surface area (Å²) in [5, 5.41) is 61.0. The summed E-state index contributed by atoms with van der Waals surface area (Å²) in [5.74, 6) is -1.16. The Morgan fingerprint density at radius 1 is 0.857 bits per heavy atom. The van der Waals surface area contributed by atoms with E-state index in [0.717, 1.165) is 18.2 Å². The zero-order chi connectivity index (χ0) is 30.0. The molecule has 12 heteroatoms. The molecular weight excluding hydrogens is 552 g/mol. The molecule has 0 aromatic heterocycles. The van der Waals surface area contributed by atoms with E-state index >= 15 is 0 Å². The Balaban J connectivity index is 1.38. The first-order chi connectivity index (χ1) is 20.1. The van der Waals surface area contributed by atoms with E-state index in [4.69, 9.17) is 18.6 Å². The number of fused-ring (bicyclic) bond motifs is 1. The van der Waals surface area contributed by atoms with Crippen molar-refractivity contribution in [2.45, 2.75) is 30.7 Å². The molecule has 0 amide bonds. The topological polar surface area (TPSA) is 196 Å². The molecule has 2 aromatic rings. The predicted molar refractivity (Wildman–Crippen MR) is 146 cm³/mol. The van der Waals surface area contributed by atoms with Gasteiger partial charge in [-0.05, 0) is 54.1 Å². The minimum absolute atomic E-state index is 0.0278. The van der Waals surface area contributed by atoms with Gasteiger partial charge in [0, 0.05) is 23.8 Å². The number of ether oxygens (including phenoxy) is 3. The quantitative estimate of drug-likeness (QED) is 0.138. The molecule has 5 atom stereocenters. The van der Waals surface area contributed by atoms with Gasteiger partial charge in [-0.1, -0.05) is 12.1 Å². The number of hydrogen-bond acceptors (Lipinski definition) is 12. The molecule has 0 spiro atoms. The number of phenols is 3. The van der Waals surface area contributed by atoms with E-state index in [1.807, 2.05) is 0 Å². The fraction of sp³-hybridized carbons (Fsp3) is 0.200. The Morgan fingerprint density at radius 2 is 1.52 bits per heavy atom. The average Bonchev–Trinajstić information content (AvgIpc) is 2.97. The average molecular weight is 579 g/mol. The highest BCUT2D eigenvalue weighted by atomic mass is 16.7. The van der Waals surface area contributed by atoms with Gasteiger partial charge >= 0.3 is 5.97 Å². The van der Waals surface area contributed by atoms with Crippen LogP contribution in [0.15, 0.2) is 82.0 Å². The van der Waals surface area contributed by atoms with Crippen LogP contribution in [0.5, 0.6) is 23.0 Å². The van der Waals surface area contributed by atoms with Crippen LogP contribution < -0.4 is 10.2 Å². The molecule has 1 aliphatic carbocycles. The molecule has 2 heterocycles. The van der Waals surface area contributed by atoms with Crippen molar-refractivity contribution >= 4 is 12.0 Å². The molecule has 5 rings (SSSR count). The summed E-state index contributed by atoms with van der Waals surface area (Å²) in [7, 11) is 0. The number of aromatic hydroxyl groups is 3. The van der Waals surface area contributed by atoms with Gasteiger partial charge < -0.3 is 49.3 Å². The summed E-state index contributed by atoms with van der Waals surface area (Å²) in [6.45, 7) is -0.510. The molecule has 0 bridgehead atoms. The Bertz CT molecular complexity index is 1610. The number of benzene rings is 3. The zero-order valence-corrected chi connectivity index (χ0v) is 21.7. The Hall–Kier alpha value is -4.88. The van der Waals surface area contributed by atoms with Gasteiger partial charge in [0.25, 0.3) is 0 Å². The normalized spacial score (nSPS) is 22.3. The molecule has 0 saturated carbocycles. The summed E-state index contributed by atoms with van der Waals surface area (Å²) in [4.78, 5) is 24.2. The predicted octanol–water partition coefficient (Wildman–Crippen LogP) is 1.97. The third kappa shape index (κ3) is 6.21. The molecule has 0 unspecified atom stereocenters. The van der Waals surface area contributed by atoms with E-state index in [9.17, 15) is 40.2 Å². The van der Waals surface area contributed by atoms with Gasteiger partial charge in [0.05, 0.1) is 5.56 Å². The highest BCUT2D eigenvalue weighted by Crippen LogP contribution is 2.41. The lowest BCUT2D eigenvalue weighted by atomic mass is 9.99. The fourth-order valence-corrected chi connectivity index (χ4v) is 4.31. The van der Waals surface area contributed by atoms with Gasteiger partial charge in [-0.2, -0.15) is 0 Å². The number of carbonyl (C=O) groups is 1. The van der Waals surface area contributed by atoms with Crippen molar-refractivity contribution in [2.24, 2.45) is 0 Å². The Labute approximate surface area is 237 Å². The molecule has 42 heavy (non-hydrogen) atoms. The maximum atomic E-state index is 12.2. The van der Waals surface area contributed by atoms with Crippen molar-refractivity contribution in [1.29, 1.82) is 0 Å². The molecule has 218 valence electrons. The van der Waals surface area contributed by atoms with Crippen LogP contribution in [0.2, 0.25) is 0 Å². The van der Waals surface area contributed by atoms with Crippen LogP contribution in [-0.4, -0.2) is 73.9 Å². The second kappa shape index (κ2) is 11.9. The lowest BCUT2D eigenvalue weighted by Crippen LogP contribution is -2.60. The van der Waals surface area contributed by atoms with Crippen LogP contribution in [-0.2, 0) is 14.3 Å². The van der Waals surface area contributed by atoms with Crippen LogP contribution in [0.1, 0.15) is 5.56 Å². The van der Waals surface area contributed by atoms with E-state index < -0.39 is 54.5 Å². The van der Waals surface area contributed by atoms with Gasteiger partial charge in [0.2, 0.25) is 6.29 Å². The molecule has 6 N–H and O–H groups in total. The maximum absolute atomic E-state index is 12.2. The lowest BCUT2D eigenvalue weighted by Gasteiger charge is -2.40. The van der Waals surface area contributed by atoms with E-state index in [-0.39, 0.29) is 34.3 Å². The van der Waals surface area contributed by atoms with Crippen LogP contribution in [0.25, 0.3) is 28.7 Å². The van der Waals surface area contributed by atoms with Gasteiger partial charge in [-0.3, -0.25) is 4.79 Å². The molecule has 2 aliphatic heterocycles. The number of esters is 1. The van der Waals surface area contributed by atoms with Crippen molar-refractivity contribution < 1.29 is 54.1 Å². The van der Waals surface area contributed by atoms with Crippen LogP contribution in [0.3, 0.4) is 0 Å². The van der Waals surface area contributed by atoms with E-state index in [2.05, 4.69) is 0 Å². The van der Waals surface area contributed by atoms with E-state index in [0.29, 0.717) is 11.1 Å². The summed E-state index contributed by atoms with van der Waals surface area (Å²) in [6.07, 6.45) is -5.51. The van der Waals surface area contributed by atoms with Gasteiger partial charge in [0.1, 0.15) is 54.0 Å². The first-order valence-corrected chi connectivity index (χ1v) is 12.7. The lowest BCUT2D eigenvalue weighted by molar-refractivity contribution is -0.278. The first-order valence-electron chi connectivity index (χ1n) is 12.7. The molecular formula is C30H26O12. The Morgan fingerprint density at radius 3 is 2.21 bits per heavy atom. The monoisotopic (exact) mass is 578 g/mol. The highest BCUT2D eigenvalue weighted by molar-refractivity contribution is 5.87. The van der Waals surface area contributed by atoms with Crippen molar-refractivity contribution in [3.05, 3.63) is 88.6 Å². The number of carbonyl (C=O) groups excluding carboxylic acids is 1. The number of aliphatic hydroxyl groups is 3. The minimum Gasteiger partial charge on any atom is -0.508 e. The summed E-state index contributed by atoms with van der Waals surface area (Å²) < 4.78 is 22.6. The molecule has 12 nitrogen and oxygen atoms in total. The fourth-order valence-electron chi connectivity index (χ4n) is 4.31.